The summed E-state index contributed by atoms with van der Waals surface area (Å²) in [5.41, 5.74) is 0.205. The molecule has 2 aromatic rings. The third-order valence-corrected chi connectivity index (χ3v) is 3.79. The van der Waals surface area contributed by atoms with Gasteiger partial charge in [0.2, 0.25) is 0 Å². The summed E-state index contributed by atoms with van der Waals surface area (Å²) in [6.07, 6.45) is 0. The van der Waals surface area contributed by atoms with E-state index >= 15 is 0 Å². The van der Waals surface area contributed by atoms with Gasteiger partial charge in [-0.2, -0.15) is 5.26 Å². The Morgan fingerprint density at radius 3 is 2.57 bits per heavy atom. The van der Waals surface area contributed by atoms with Crippen molar-refractivity contribution in [1.29, 1.82) is 5.26 Å². The van der Waals surface area contributed by atoms with Crippen LogP contribution in [0.4, 0.5) is 8.78 Å². The molecule has 0 saturated heterocycles. The Labute approximate surface area is 123 Å². The number of hydrogen-bond donors (Lipinski definition) is 1. The minimum absolute atomic E-state index is 0.233. The molecule has 0 aliphatic heterocycles. The molecule has 0 atom stereocenters. The van der Waals surface area contributed by atoms with Crippen molar-refractivity contribution in [2.75, 3.05) is 0 Å². The molecule has 0 aromatic heterocycles. The largest absolute Gasteiger partial charge is 0.478 e. The number of aromatic carboxylic acids is 1. The van der Waals surface area contributed by atoms with Gasteiger partial charge in [-0.15, -0.1) is 11.8 Å². The number of carboxylic acids is 1. The van der Waals surface area contributed by atoms with Gasteiger partial charge in [-0.25, -0.2) is 13.6 Å². The fourth-order valence-corrected chi connectivity index (χ4v) is 2.57. The monoisotopic (exact) mass is 305 g/mol. The van der Waals surface area contributed by atoms with Gasteiger partial charge in [0.25, 0.3) is 0 Å². The van der Waals surface area contributed by atoms with Crippen LogP contribution in [0.25, 0.3) is 0 Å². The average Bonchev–Trinajstić information content (AvgIpc) is 2.47. The van der Waals surface area contributed by atoms with E-state index in [1.807, 2.05) is 6.07 Å². The molecular formula is C15H9F2NO2S. The summed E-state index contributed by atoms with van der Waals surface area (Å²) < 4.78 is 26.9. The quantitative estimate of drug-likeness (QED) is 0.872. The Kier molecular flexibility index (Phi) is 4.55. The number of nitriles is 1. The van der Waals surface area contributed by atoms with Crippen LogP contribution in [0.2, 0.25) is 0 Å². The number of carboxylic acid groups (broad SMARTS) is 1. The predicted molar refractivity (Wildman–Crippen MR) is 74.0 cm³/mol. The van der Waals surface area contributed by atoms with E-state index in [9.17, 15) is 13.6 Å². The molecule has 6 heteroatoms. The van der Waals surface area contributed by atoms with Gasteiger partial charge in [0.05, 0.1) is 17.2 Å². The van der Waals surface area contributed by atoms with E-state index in [1.54, 1.807) is 0 Å². The standard InChI is InChI=1S/C15H9F2NO2S/c16-13-4-3-11(6-12(13)15(19)20)21-8-10-2-1-9(7-18)5-14(10)17/h1-6H,8H2,(H,19,20). The van der Waals surface area contributed by atoms with E-state index in [2.05, 4.69) is 0 Å². The van der Waals surface area contributed by atoms with Crippen molar-refractivity contribution < 1.29 is 18.7 Å². The van der Waals surface area contributed by atoms with Gasteiger partial charge in [0, 0.05) is 10.6 Å². The Bertz CT molecular complexity index is 741. The molecule has 2 aromatic carbocycles. The normalized spacial score (nSPS) is 10.1. The number of rotatable bonds is 4. The predicted octanol–water partition coefficient (Wildman–Crippen LogP) is 3.83. The minimum atomic E-state index is -1.35. The van der Waals surface area contributed by atoms with Crippen molar-refractivity contribution >= 4 is 17.7 Å². The van der Waals surface area contributed by atoms with Crippen LogP contribution < -0.4 is 0 Å². The van der Waals surface area contributed by atoms with Crippen molar-refractivity contribution in [3.63, 3.8) is 0 Å². The van der Waals surface area contributed by atoms with Crippen LogP contribution in [0.5, 0.6) is 0 Å². The summed E-state index contributed by atoms with van der Waals surface area (Å²) in [5.74, 6) is -2.40. The highest BCUT2D eigenvalue weighted by atomic mass is 32.2. The summed E-state index contributed by atoms with van der Waals surface area (Å²) in [7, 11) is 0. The number of nitrogens with zero attached hydrogens (tertiary/aromatic N) is 1. The smallest absolute Gasteiger partial charge is 0.338 e. The lowest BCUT2D eigenvalue weighted by atomic mass is 10.1. The molecule has 1 N–H and O–H groups in total. The van der Waals surface area contributed by atoms with Crippen LogP contribution in [0.1, 0.15) is 21.5 Å². The highest BCUT2D eigenvalue weighted by Crippen LogP contribution is 2.26. The molecule has 21 heavy (non-hydrogen) atoms. The minimum Gasteiger partial charge on any atom is -0.478 e. The third-order valence-electron chi connectivity index (χ3n) is 2.74. The Balaban J connectivity index is 2.15. The van der Waals surface area contributed by atoms with Gasteiger partial charge in [-0.3, -0.25) is 0 Å². The molecule has 3 nitrogen and oxygen atoms in total. The molecule has 2 rings (SSSR count). The van der Waals surface area contributed by atoms with E-state index in [-0.39, 0.29) is 11.3 Å². The summed E-state index contributed by atoms with van der Waals surface area (Å²) in [5, 5.41) is 17.5. The van der Waals surface area contributed by atoms with Gasteiger partial charge in [0.15, 0.2) is 0 Å². The van der Waals surface area contributed by atoms with Crippen LogP contribution in [0, 0.1) is 23.0 Å². The average molecular weight is 305 g/mol. The highest BCUT2D eigenvalue weighted by molar-refractivity contribution is 7.98. The summed E-state index contributed by atoms with van der Waals surface area (Å²) >= 11 is 1.19. The first-order valence-corrected chi connectivity index (χ1v) is 6.84. The van der Waals surface area contributed by atoms with E-state index in [0.29, 0.717) is 10.5 Å². The van der Waals surface area contributed by atoms with Crippen molar-refractivity contribution in [2.45, 2.75) is 10.6 Å². The molecule has 0 heterocycles. The molecule has 0 saturated carbocycles. The van der Waals surface area contributed by atoms with Crippen LogP contribution in [-0.4, -0.2) is 11.1 Å². The Morgan fingerprint density at radius 1 is 1.19 bits per heavy atom. The lowest BCUT2D eigenvalue weighted by Crippen LogP contribution is -2.00. The number of halogens is 2. The summed E-state index contributed by atoms with van der Waals surface area (Å²) in [6, 6.07) is 9.71. The maximum atomic E-state index is 13.7. The lowest BCUT2D eigenvalue weighted by molar-refractivity contribution is 0.0691. The molecule has 0 aliphatic carbocycles. The second kappa shape index (κ2) is 6.37. The van der Waals surface area contributed by atoms with Crippen molar-refractivity contribution in [3.8, 4) is 6.07 Å². The lowest BCUT2D eigenvalue weighted by Gasteiger charge is -2.05. The fraction of sp³-hybridized carbons (Fsp3) is 0.0667. The van der Waals surface area contributed by atoms with Gasteiger partial charge >= 0.3 is 5.97 Å². The summed E-state index contributed by atoms with van der Waals surface area (Å²) in [4.78, 5) is 11.4. The Morgan fingerprint density at radius 2 is 1.95 bits per heavy atom. The molecule has 106 valence electrons. The molecule has 0 amide bonds. The van der Waals surface area contributed by atoms with Crippen LogP contribution in [0.3, 0.4) is 0 Å². The first kappa shape index (κ1) is 15.0. The zero-order chi connectivity index (χ0) is 15.4. The second-order valence-electron chi connectivity index (χ2n) is 4.15. The zero-order valence-corrected chi connectivity index (χ0v) is 11.5. The SMILES string of the molecule is N#Cc1ccc(CSc2ccc(F)c(C(=O)O)c2)c(F)c1. The molecule has 0 spiro atoms. The van der Waals surface area contributed by atoms with Gasteiger partial charge < -0.3 is 5.11 Å². The van der Waals surface area contributed by atoms with Crippen molar-refractivity contribution in [1.82, 2.24) is 0 Å². The molecular weight excluding hydrogens is 296 g/mol. The van der Waals surface area contributed by atoms with Crippen molar-refractivity contribution in [2.24, 2.45) is 0 Å². The van der Waals surface area contributed by atoms with E-state index < -0.39 is 23.2 Å². The maximum absolute atomic E-state index is 13.7. The van der Waals surface area contributed by atoms with E-state index in [4.69, 9.17) is 10.4 Å². The van der Waals surface area contributed by atoms with Gasteiger partial charge in [0.1, 0.15) is 11.6 Å². The van der Waals surface area contributed by atoms with Gasteiger partial charge in [-0.1, -0.05) is 6.07 Å². The molecule has 0 unspecified atom stereocenters. The third kappa shape index (κ3) is 3.58. The second-order valence-corrected chi connectivity index (χ2v) is 5.20. The first-order chi connectivity index (χ1) is 10.0. The summed E-state index contributed by atoms with van der Waals surface area (Å²) in [6.45, 7) is 0. The number of thioether (sulfide) groups is 1. The molecule has 0 bridgehead atoms. The number of carbonyl (C=O) groups is 1. The number of hydrogen-bond acceptors (Lipinski definition) is 3. The maximum Gasteiger partial charge on any atom is 0.338 e. The number of benzene rings is 2. The van der Waals surface area contributed by atoms with E-state index in [0.717, 1.165) is 12.1 Å². The molecule has 0 fully saturated rings. The van der Waals surface area contributed by atoms with Crippen molar-refractivity contribution in [3.05, 3.63) is 64.7 Å². The van der Waals surface area contributed by atoms with E-state index in [1.165, 1.54) is 36.0 Å². The van der Waals surface area contributed by atoms with Crippen LogP contribution >= 0.6 is 11.8 Å². The first-order valence-electron chi connectivity index (χ1n) is 5.85. The molecule has 0 radical (unpaired) electrons. The zero-order valence-electron chi connectivity index (χ0n) is 10.6. The van der Waals surface area contributed by atoms with Crippen LogP contribution in [0.15, 0.2) is 41.3 Å². The Hall–Kier alpha value is -2.39. The fourth-order valence-electron chi connectivity index (χ4n) is 1.65. The van der Waals surface area contributed by atoms with Crippen LogP contribution in [-0.2, 0) is 5.75 Å². The molecule has 0 aliphatic rings. The van der Waals surface area contributed by atoms with Gasteiger partial charge in [-0.05, 0) is 35.9 Å². The highest BCUT2D eigenvalue weighted by Gasteiger charge is 2.11. The topological polar surface area (TPSA) is 61.1 Å².